The molecule has 2 aromatic carbocycles. The molecular formula is C20H21Cl2N3O4. The number of nitrogens with zero attached hydrogens (tertiary/aromatic N) is 2. The lowest BCUT2D eigenvalue weighted by Crippen LogP contribution is -2.16. The molecule has 0 unspecified atom stereocenters. The van der Waals surface area contributed by atoms with Gasteiger partial charge in [-0.05, 0) is 55.8 Å². The standard InChI is InChI=1S/C20H20ClN3O4.ClH/c1-12(2)27-15-6-4-14(5-7-15)20-23-19(24-28-20)16-8-3-13(9-17(16)21)11-26-18(25)10-22;/h3-9,12H,10-11,22H2,1-2H3;1H. The average Bonchev–Trinajstić information content (AvgIpc) is 3.16. The molecule has 3 rings (SSSR count). The molecule has 0 amide bonds. The Bertz CT molecular complexity index is 959. The third kappa shape index (κ3) is 5.93. The van der Waals surface area contributed by atoms with Gasteiger partial charge in [0.05, 0.1) is 17.7 Å². The van der Waals surface area contributed by atoms with Crippen molar-refractivity contribution in [3.8, 4) is 28.6 Å². The van der Waals surface area contributed by atoms with E-state index >= 15 is 0 Å². The molecule has 154 valence electrons. The van der Waals surface area contributed by atoms with E-state index in [0.717, 1.165) is 16.9 Å². The Morgan fingerprint density at radius 3 is 2.55 bits per heavy atom. The highest BCUT2D eigenvalue weighted by molar-refractivity contribution is 6.33. The molecule has 1 aromatic heterocycles. The summed E-state index contributed by atoms with van der Waals surface area (Å²) in [6.45, 7) is 3.87. The summed E-state index contributed by atoms with van der Waals surface area (Å²) in [7, 11) is 0. The van der Waals surface area contributed by atoms with Gasteiger partial charge in [-0.1, -0.05) is 22.8 Å². The molecule has 0 spiro atoms. The number of carbonyl (C=O) groups is 1. The monoisotopic (exact) mass is 437 g/mol. The summed E-state index contributed by atoms with van der Waals surface area (Å²) in [5.74, 6) is 1.04. The lowest BCUT2D eigenvalue weighted by atomic mass is 10.1. The largest absolute Gasteiger partial charge is 0.491 e. The Morgan fingerprint density at radius 1 is 1.21 bits per heavy atom. The Kier molecular flexibility index (Phi) is 8.01. The summed E-state index contributed by atoms with van der Waals surface area (Å²) < 4.78 is 16.0. The van der Waals surface area contributed by atoms with Crippen LogP contribution in [0.4, 0.5) is 0 Å². The van der Waals surface area contributed by atoms with Crippen LogP contribution in [0.1, 0.15) is 19.4 Å². The minimum atomic E-state index is -0.479. The zero-order valence-corrected chi connectivity index (χ0v) is 17.5. The maximum Gasteiger partial charge on any atom is 0.320 e. The van der Waals surface area contributed by atoms with Gasteiger partial charge < -0.3 is 19.7 Å². The molecule has 7 nitrogen and oxygen atoms in total. The van der Waals surface area contributed by atoms with E-state index < -0.39 is 5.97 Å². The van der Waals surface area contributed by atoms with E-state index in [9.17, 15) is 4.79 Å². The molecule has 2 N–H and O–H groups in total. The van der Waals surface area contributed by atoms with Gasteiger partial charge in [-0.15, -0.1) is 12.4 Å². The SMILES string of the molecule is CC(C)Oc1ccc(-c2nc(-c3ccc(COC(=O)CN)cc3Cl)no2)cc1.Cl. The number of carbonyl (C=O) groups excluding carboxylic acids is 1. The molecule has 29 heavy (non-hydrogen) atoms. The fourth-order valence-electron chi connectivity index (χ4n) is 2.45. The van der Waals surface area contributed by atoms with Crippen LogP contribution in [0.3, 0.4) is 0 Å². The first-order valence-corrected chi connectivity index (χ1v) is 9.09. The van der Waals surface area contributed by atoms with E-state index in [4.69, 9.17) is 31.3 Å². The summed E-state index contributed by atoms with van der Waals surface area (Å²) in [5, 5.41) is 4.43. The topological polar surface area (TPSA) is 100 Å². The molecule has 0 aliphatic rings. The zero-order valence-electron chi connectivity index (χ0n) is 15.9. The Hall–Kier alpha value is -2.61. The van der Waals surface area contributed by atoms with Crippen molar-refractivity contribution in [2.24, 2.45) is 5.73 Å². The second-order valence-corrected chi connectivity index (χ2v) is 6.70. The molecular weight excluding hydrogens is 417 g/mol. The van der Waals surface area contributed by atoms with Gasteiger partial charge in [-0.3, -0.25) is 4.79 Å². The number of nitrogens with two attached hydrogens (primary N) is 1. The maximum atomic E-state index is 11.1. The predicted molar refractivity (Wildman–Crippen MR) is 112 cm³/mol. The van der Waals surface area contributed by atoms with Crippen molar-refractivity contribution >= 4 is 30.0 Å². The average molecular weight is 438 g/mol. The van der Waals surface area contributed by atoms with E-state index in [2.05, 4.69) is 10.1 Å². The molecule has 3 aromatic rings. The van der Waals surface area contributed by atoms with Gasteiger partial charge in [0, 0.05) is 11.1 Å². The number of rotatable bonds is 7. The van der Waals surface area contributed by atoms with E-state index in [0.29, 0.717) is 22.3 Å². The number of halogens is 2. The van der Waals surface area contributed by atoms with Crippen molar-refractivity contribution in [1.29, 1.82) is 0 Å². The van der Waals surface area contributed by atoms with Crippen molar-refractivity contribution in [3.05, 3.63) is 53.1 Å². The van der Waals surface area contributed by atoms with E-state index in [1.165, 1.54) is 0 Å². The summed E-state index contributed by atoms with van der Waals surface area (Å²) in [6.07, 6.45) is 0.102. The van der Waals surface area contributed by atoms with Gasteiger partial charge in [-0.25, -0.2) is 0 Å². The number of hydrogen-bond donors (Lipinski definition) is 1. The smallest absolute Gasteiger partial charge is 0.320 e. The molecule has 9 heteroatoms. The van der Waals surface area contributed by atoms with Crippen LogP contribution in [0.15, 0.2) is 47.0 Å². The fourth-order valence-corrected chi connectivity index (χ4v) is 2.74. The number of hydrogen-bond acceptors (Lipinski definition) is 7. The molecule has 0 radical (unpaired) electrons. The van der Waals surface area contributed by atoms with Crippen LogP contribution in [0.5, 0.6) is 5.75 Å². The van der Waals surface area contributed by atoms with Gasteiger partial charge in [0.2, 0.25) is 5.82 Å². The van der Waals surface area contributed by atoms with Gasteiger partial charge in [0.1, 0.15) is 12.4 Å². The van der Waals surface area contributed by atoms with Crippen LogP contribution in [-0.4, -0.2) is 28.8 Å². The second kappa shape index (κ2) is 10.2. The summed E-state index contributed by atoms with van der Waals surface area (Å²) in [6, 6.07) is 12.6. The zero-order chi connectivity index (χ0) is 20.1. The van der Waals surface area contributed by atoms with Crippen molar-refractivity contribution in [1.82, 2.24) is 10.1 Å². The first-order chi connectivity index (χ1) is 13.5. The first-order valence-electron chi connectivity index (χ1n) is 8.71. The molecule has 0 bridgehead atoms. The third-order valence-corrected chi connectivity index (χ3v) is 4.05. The van der Waals surface area contributed by atoms with Crippen LogP contribution in [-0.2, 0) is 16.1 Å². The van der Waals surface area contributed by atoms with E-state index in [1.807, 2.05) is 38.1 Å². The summed E-state index contributed by atoms with van der Waals surface area (Å²) in [4.78, 5) is 15.6. The molecule has 0 aliphatic heterocycles. The van der Waals surface area contributed by atoms with Crippen molar-refractivity contribution < 1.29 is 18.8 Å². The lowest BCUT2D eigenvalue weighted by molar-refractivity contribution is -0.143. The van der Waals surface area contributed by atoms with Gasteiger partial charge in [0.15, 0.2) is 0 Å². The molecule has 0 atom stereocenters. The maximum absolute atomic E-state index is 11.1. The predicted octanol–water partition coefficient (Wildman–Crippen LogP) is 4.27. The van der Waals surface area contributed by atoms with E-state index in [1.54, 1.807) is 18.2 Å². The van der Waals surface area contributed by atoms with Gasteiger partial charge >= 0.3 is 5.97 Å². The molecule has 0 saturated carbocycles. The fraction of sp³-hybridized carbons (Fsp3) is 0.250. The highest BCUT2D eigenvalue weighted by Crippen LogP contribution is 2.29. The molecule has 1 heterocycles. The minimum Gasteiger partial charge on any atom is -0.491 e. The lowest BCUT2D eigenvalue weighted by Gasteiger charge is -2.09. The molecule has 0 fully saturated rings. The Labute approximate surface area is 179 Å². The quantitative estimate of drug-likeness (QED) is 0.550. The Morgan fingerprint density at radius 2 is 1.93 bits per heavy atom. The summed E-state index contributed by atoms with van der Waals surface area (Å²) in [5.41, 5.74) is 7.34. The van der Waals surface area contributed by atoms with Crippen LogP contribution >= 0.6 is 24.0 Å². The number of ether oxygens (including phenoxy) is 2. The highest BCUT2D eigenvalue weighted by atomic mass is 35.5. The van der Waals surface area contributed by atoms with Crippen molar-refractivity contribution in [2.75, 3.05) is 6.54 Å². The number of aromatic nitrogens is 2. The van der Waals surface area contributed by atoms with Crippen molar-refractivity contribution in [3.63, 3.8) is 0 Å². The van der Waals surface area contributed by atoms with Crippen LogP contribution in [0, 0.1) is 0 Å². The second-order valence-electron chi connectivity index (χ2n) is 6.29. The molecule has 0 aliphatic carbocycles. The highest BCUT2D eigenvalue weighted by Gasteiger charge is 2.14. The number of esters is 1. The first kappa shape index (κ1) is 22.7. The number of benzene rings is 2. The van der Waals surface area contributed by atoms with Crippen LogP contribution in [0.25, 0.3) is 22.8 Å². The minimum absolute atomic E-state index is 0. The normalized spacial score (nSPS) is 10.5. The molecule has 0 saturated heterocycles. The van der Waals surface area contributed by atoms with Gasteiger partial charge in [-0.2, -0.15) is 4.98 Å². The van der Waals surface area contributed by atoms with E-state index in [-0.39, 0.29) is 31.7 Å². The third-order valence-electron chi connectivity index (χ3n) is 3.74. The van der Waals surface area contributed by atoms with Crippen LogP contribution in [0.2, 0.25) is 5.02 Å². The van der Waals surface area contributed by atoms with Gasteiger partial charge in [0.25, 0.3) is 5.89 Å². The van der Waals surface area contributed by atoms with Crippen molar-refractivity contribution in [2.45, 2.75) is 26.6 Å². The van der Waals surface area contributed by atoms with Crippen LogP contribution < -0.4 is 10.5 Å². The summed E-state index contributed by atoms with van der Waals surface area (Å²) >= 11 is 6.33. The Balaban J connectivity index is 0.00000300.